The highest BCUT2D eigenvalue weighted by Gasteiger charge is 2.26. The predicted octanol–water partition coefficient (Wildman–Crippen LogP) is 1.75. The summed E-state index contributed by atoms with van der Waals surface area (Å²) in [6.45, 7) is 1.66. The number of hydrogen-bond donors (Lipinski definition) is 0. The SMILES string of the molecule is Cc1ccc([N+](=O)[O-])c(C(=O)C(C#N)C#N)c1. The molecule has 84 valence electrons. The van der Waals surface area contributed by atoms with E-state index in [1.807, 2.05) is 0 Å². The average Bonchev–Trinajstić information content (AvgIpc) is 2.29. The number of nitro groups is 1. The number of carbonyl (C=O) groups excluding carboxylic acids is 1. The van der Waals surface area contributed by atoms with Gasteiger partial charge in [0, 0.05) is 6.07 Å². The molecule has 0 aromatic heterocycles. The lowest BCUT2D eigenvalue weighted by molar-refractivity contribution is -0.385. The van der Waals surface area contributed by atoms with Gasteiger partial charge in [0.25, 0.3) is 5.69 Å². The van der Waals surface area contributed by atoms with E-state index < -0.39 is 22.3 Å². The Bertz CT molecular complexity index is 552. The second kappa shape index (κ2) is 4.86. The maximum Gasteiger partial charge on any atom is 0.280 e. The molecule has 6 nitrogen and oxygen atoms in total. The molecule has 0 radical (unpaired) electrons. The molecule has 0 aliphatic heterocycles. The van der Waals surface area contributed by atoms with E-state index in [9.17, 15) is 14.9 Å². The predicted molar refractivity (Wildman–Crippen MR) is 56.9 cm³/mol. The molecule has 0 unspecified atom stereocenters. The third-order valence-electron chi connectivity index (χ3n) is 2.13. The highest BCUT2D eigenvalue weighted by molar-refractivity contribution is 6.04. The van der Waals surface area contributed by atoms with Crippen molar-refractivity contribution in [3.05, 3.63) is 39.4 Å². The fraction of sp³-hybridized carbons (Fsp3) is 0.182. The van der Waals surface area contributed by atoms with E-state index in [1.165, 1.54) is 30.3 Å². The first-order valence-electron chi connectivity index (χ1n) is 4.59. The zero-order chi connectivity index (χ0) is 13.0. The van der Waals surface area contributed by atoms with Gasteiger partial charge in [-0.3, -0.25) is 14.9 Å². The lowest BCUT2D eigenvalue weighted by atomic mass is 9.97. The minimum absolute atomic E-state index is 0.205. The van der Waals surface area contributed by atoms with Crippen LogP contribution in [0, 0.1) is 45.6 Å². The second-order valence-corrected chi connectivity index (χ2v) is 3.33. The Balaban J connectivity index is 3.36. The van der Waals surface area contributed by atoms with Crippen LogP contribution in [0.4, 0.5) is 5.69 Å². The lowest BCUT2D eigenvalue weighted by Gasteiger charge is -2.03. The number of rotatable bonds is 3. The summed E-state index contributed by atoms with van der Waals surface area (Å²) < 4.78 is 0. The fourth-order valence-corrected chi connectivity index (χ4v) is 1.31. The molecule has 0 atom stereocenters. The van der Waals surface area contributed by atoms with Crippen LogP contribution in [-0.4, -0.2) is 10.7 Å². The molecule has 0 saturated carbocycles. The molecular weight excluding hydrogens is 222 g/mol. The molecule has 0 heterocycles. The normalized spacial score (nSPS) is 9.41. The van der Waals surface area contributed by atoms with Gasteiger partial charge < -0.3 is 0 Å². The number of nitro benzene ring substituents is 1. The second-order valence-electron chi connectivity index (χ2n) is 3.33. The van der Waals surface area contributed by atoms with Gasteiger partial charge in [-0.1, -0.05) is 6.07 Å². The summed E-state index contributed by atoms with van der Waals surface area (Å²) in [5.74, 6) is -2.36. The van der Waals surface area contributed by atoms with Crippen LogP contribution in [0.2, 0.25) is 0 Å². The van der Waals surface area contributed by atoms with Crippen molar-refractivity contribution >= 4 is 11.5 Å². The molecule has 0 bridgehead atoms. The summed E-state index contributed by atoms with van der Waals surface area (Å²) in [5.41, 5.74) is 0.0489. The Morgan fingerprint density at radius 1 is 1.41 bits per heavy atom. The zero-order valence-corrected chi connectivity index (χ0v) is 8.88. The summed E-state index contributed by atoms with van der Waals surface area (Å²) >= 11 is 0. The zero-order valence-electron chi connectivity index (χ0n) is 8.88. The lowest BCUT2D eigenvalue weighted by Crippen LogP contribution is -2.13. The van der Waals surface area contributed by atoms with Crippen molar-refractivity contribution in [3.63, 3.8) is 0 Å². The first-order valence-corrected chi connectivity index (χ1v) is 4.59. The molecule has 0 aliphatic rings. The Hall–Kier alpha value is -2.73. The van der Waals surface area contributed by atoms with Crippen LogP contribution in [0.1, 0.15) is 15.9 Å². The van der Waals surface area contributed by atoms with Crippen molar-refractivity contribution in [1.29, 1.82) is 10.5 Å². The molecule has 0 N–H and O–H groups in total. The van der Waals surface area contributed by atoms with Gasteiger partial charge in [-0.15, -0.1) is 0 Å². The van der Waals surface area contributed by atoms with Crippen LogP contribution in [0.25, 0.3) is 0 Å². The molecule has 0 saturated heterocycles. The van der Waals surface area contributed by atoms with E-state index in [0.29, 0.717) is 5.56 Å². The van der Waals surface area contributed by atoms with E-state index in [-0.39, 0.29) is 5.56 Å². The molecule has 0 spiro atoms. The number of benzene rings is 1. The van der Waals surface area contributed by atoms with Crippen molar-refractivity contribution in [2.24, 2.45) is 5.92 Å². The van der Waals surface area contributed by atoms with Gasteiger partial charge in [0.2, 0.25) is 5.78 Å². The Labute approximate surface area is 96.9 Å². The number of hydrogen-bond acceptors (Lipinski definition) is 5. The summed E-state index contributed by atoms with van der Waals surface area (Å²) in [6, 6.07) is 6.99. The van der Waals surface area contributed by atoms with Crippen molar-refractivity contribution in [3.8, 4) is 12.1 Å². The molecule has 0 amide bonds. The van der Waals surface area contributed by atoms with E-state index >= 15 is 0 Å². The number of nitrogens with zero attached hydrogens (tertiary/aromatic N) is 3. The van der Waals surface area contributed by atoms with Gasteiger partial charge in [-0.25, -0.2) is 0 Å². The van der Waals surface area contributed by atoms with Gasteiger partial charge in [0.05, 0.1) is 22.6 Å². The van der Waals surface area contributed by atoms with Crippen molar-refractivity contribution < 1.29 is 9.72 Å². The Morgan fingerprint density at radius 2 is 2.00 bits per heavy atom. The topological polar surface area (TPSA) is 108 Å². The first-order chi connectivity index (χ1) is 8.01. The summed E-state index contributed by atoms with van der Waals surface area (Å²) in [4.78, 5) is 21.7. The van der Waals surface area contributed by atoms with Crippen LogP contribution >= 0.6 is 0 Å². The minimum atomic E-state index is -1.52. The van der Waals surface area contributed by atoms with Crippen molar-refractivity contribution in [2.45, 2.75) is 6.92 Å². The maximum atomic E-state index is 11.7. The van der Waals surface area contributed by atoms with Gasteiger partial charge >= 0.3 is 0 Å². The quantitative estimate of drug-likeness (QED) is 0.445. The molecule has 1 aromatic rings. The highest BCUT2D eigenvalue weighted by atomic mass is 16.6. The molecule has 1 rings (SSSR count). The van der Waals surface area contributed by atoms with E-state index in [2.05, 4.69) is 0 Å². The van der Waals surface area contributed by atoms with Gasteiger partial charge in [-0.05, 0) is 18.6 Å². The number of nitriles is 2. The molecule has 0 fully saturated rings. The number of ketones is 1. The van der Waals surface area contributed by atoms with E-state index in [1.54, 1.807) is 6.92 Å². The van der Waals surface area contributed by atoms with Gasteiger partial charge in [0.15, 0.2) is 5.92 Å². The smallest absolute Gasteiger partial charge is 0.280 e. The largest absolute Gasteiger partial charge is 0.291 e. The van der Waals surface area contributed by atoms with Gasteiger partial charge in [-0.2, -0.15) is 10.5 Å². The van der Waals surface area contributed by atoms with Crippen LogP contribution < -0.4 is 0 Å². The van der Waals surface area contributed by atoms with Crippen LogP contribution in [0.5, 0.6) is 0 Å². The molecular formula is C11H7N3O3. The molecule has 0 aliphatic carbocycles. The summed E-state index contributed by atoms with van der Waals surface area (Å²) in [6.07, 6.45) is 0. The van der Waals surface area contributed by atoms with Crippen LogP contribution in [-0.2, 0) is 0 Å². The highest BCUT2D eigenvalue weighted by Crippen LogP contribution is 2.22. The standard InChI is InChI=1S/C11H7N3O3/c1-7-2-3-10(14(16)17)9(4-7)11(15)8(5-12)6-13/h2-4,8H,1H3. The monoisotopic (exact) mass is 229 g/mol. The minimum Gasteiger partial charge on any atom is -0.291 e. The third kappa shape index (κ3) is 2.44. The van der Waals surface area contributed by atoms with E-state index in [0.717, 1.165) is 0 Å². The van der Waals surface area contributed by atoms with Crippen LogP contribution in [0.3, 0.4) is 0 Å². The number of carbonyl (C=O) groups is 1. The first kappa shape index (κ1) is 12.3. The molecule has 17 heavy (non-hydrogen) atoms. The van der Waals surface area contributed by atoms with Crippen LogP contribution in [0.15, 0.2) is 18.2 Å². The molecule has 6 heteroatoms. The third-order valence-corrected chi connectivity index (χ3v) is 2.13. The number of Topliss-reactive ketones (excluding diaryl/α,β-unsaturated/α-hetero) is 1. The summed E-state index contributed by atoms with van der Waals surface area (Å²) in [5, 5.41) is 27.9. The average molecular weight is 229 g/mol. The summed E-state index contributed by atoms with van der Waals surface area (Å²) in [7, 11) is 0. The van der Waals surface area contributed by atoms with E-state index in [4.69, 9.17) is 10.5 Å². The van der Waals surface area contributed by atoms with Gasteiger partial charge in [0.1, 0.15) is 0 Å². The van der Waals surface area contributed by atoms with Crippen molar-refractivity contribution in [2.75, 3.05) is 0 Å². The van der Waals surface area contributed by atoms with Crippen molar-refractivity contribution in [1.82, 2.24) is 0 Å². The Morgan fingerprint density at radius 3 is 2.47 bits per heavy atom. The maximum absolute atomic E-state index is 11.7. The fourth-order valence-electron chi connectivity index (χ4n) is 1.31. The molecule has 1 aromatic carbocycles. The number of aryl methyl sites for hydroxylation is 1. The Kier molecular flexibility index (Phi) is 3.53.